The summed E-state index contributed by atoms with van der Waals surface area (Å²) in [7, 11) is 0. The smallest absolute Gasteiger partial charge is 0.233 e. The fraction of sp³-hybridized carbons (Fsp3) is 0.857. The Kier molecular flexibility index (Phi) is 4.38. The van der Waals surface area contributed by atoms with E-state index in [2.05, 4.69) is 19.2 Å². The molecule has 0 bridgehead atoms. The second kappa shape index (κ2) is 5.83. The molecule has 1 aliphatic carbocycles. The lowest BCUT2D eigenvalue weighted by molar-refractivity contribution is -0.140. The van der Waals surface area contributed by atoms with Crippen LogP contribution in [0.1, 0.15) is 46.0 Å². The van der Waals surface area contributed by atoms with E-state index in [9.17, 15) is 9.59 Å². The SMILES string of the molecule is CCCC(CN1C(=O)C2CCCC2C1=O)NCC. The van der Waals surface area contributed by atoms with Crippen molar-refractivity contribution in [2.75, 3.05) is 13.1 Å². The molecule has 4 nitrogen and oxygen atoms in total. The largest absolute Gasteiger partial charge is 0.312 e. The summed E-state index contributed by atoms with van der Waals surface area (Å²) in [6.45, 7) is 5.64. The summed E-state index contributed by atoms with van der Waals surface area (Å²) in [5.41, 5.74) is 0. The predicted molar refractivity (Wildman–Crippen MR) is 69.9 cm³/mol. The number of nitrogens with one attached hydrogen (secondary N) is 1. The van der Waals surface area contributed by atoms with E-state index in [4.69, 9.17) is 0 Å². The van der Waals surface area contributed by atoms with E-state index in [-0.39, 0.29) is 29.7 Å². The van der Waals surface area contributed by atoms with Crippen molar-refractivity contribution in [3.05, 3.63) is 0 Å². The highest BCUT2D eigenvalue weighted by atomic mass is 16.2. The molecule has 0 aromatic carbocycles. The Morgan fingerprint density at radius 2 is 1.83 bits per heavy atom. The molecule has 1 N–H and O–H groups in total. The highest BCUT2D eigenvalue weighted by Crippen LogP contribution is 2.39. The number of carbonyl (C=O) groups is 2. The van der Waals surface area contributed by atoms with Crippen LogP contribution < -0.4 is 5.32 Å². The first-order chi connectivity index (χ1) is 8.69. The summed E-state index contributed by atoms with van der Waals surface area (Å²) in [4.78, 5) is 26.0. The van der Waals surface area contributed by atoms with E-state index in [0.29, 0.717) is 6.54 Å². The fourth-order valence-electron chi connectivity index (χ4n) is 3.36. The van der Waals surface area contributed by atoms with Crippen molar-refractivity contribution in [2.45, 2.75) is 52.0 Å². The van der Waals surface area contributed by atoms with E-state index in [0.717, 1.165) is 38.6 Å². The van der Waals surface area contributed by atoms with E-state index < -0.39 is 0 Å². The van der Waals surface area contributed by atoms with Crippen LogP contribution in [0.15, 0.2) is 0 Å². The number of imide groups is 1. The molecule has 1 heterocycles. The molecule has 2 fully saturated rings. The van der Waals surface area contributed by atoms with Gasteiger partial charge in [0.2, 0.25) is 11.8 Å². The molecule has 4 heteroatoms. The summed E-state index contributed by atoms with van der Waals surface area (Å²) in [6, 6.07) is 0.256. The maximum atomic E-state index is 12.2. The van der Waals surface area contributed by atoms with Gasteiger partial charge in [-0.1, -0.05) is 26.7 Å². The molecule has 3 atom stereocenters. The molecule has 1 aliphatic heterocycles. The van der Waals surface area contributed by atoms with Gasteiger partial charge in [0, 0.05) is 12.6 Å². The van der Waals surface area contributed by atoms with Crippen molar-refractivity contribution in [3.8, 4) is 0 Å². The van der Waals surface area contributed by atoms with Gasteiger partial charge >= 0.3 is 0 Å². The van der Waals surface area contributed by atoms with E-state index >= 15 is 0 Å². The lowest BCUT2D eigenvalue weighted by Crippen LogP contribution is -2.44. The summed E-state index contributed by atoms with van der Waals surface area (Å²) >= 11 is 0. The van der Waals surface area contributed by atoms with Crippen molar-refractivity contribution in [1.29, 1.82) is 0 Å². The Hall–Kier alpha value is -0.900. The number of nitrogens with zero attached hydrogens (tertiary/aromatic N) is 1. The first kappa shape index (κ1) is 13.5. The van der Waals surface area contributed by atoms with Gasteiger partial charge in [-0.05, 0) is 25.8 Å². The van der Waals surface area contributed by atoms with Gasteiger partial charge in [0.15, 0.2) is 0 Å². The number of hydrogen-bond acceptors (Lipinski definition) is 3. The van der Waals surface area contributed by atoms with Crippen LogP contribution in [0.5, 0.6) is 0 Å². The van der Waals surface area contributed by atoms with Gasteiger partial charge in [0.25, 0.3) is 0 Å². The zero-order valence-corrected chi connectivity index (χ0v) is 11.4. The van der Waals surface area contributed by atoms with Crippen LogP contribution >= 0.6 is 0 Å². The minimum absolute atomic E-state index is 0.00130. The molecule has 3 unspecified atom stereocenters. The van der Waals surface area contributed by atoms with E-state index in [1.165, 1.54) is 4.90 Å². The molecule has 2 rings (SSSR count). The van der Waals surface area contributed by atoms with Crippen LogP contribution in [0, 0.1) is 11.8 Å². The zero-order chi connectivity index (χ0) is 13.1. The molecular weight excluding hydrogens is 228 g/mol. The maximum absolute atomic E-state index is 12.2. The molecule has 0 radical (unpaired) electrons. The first-order valence-electron chi connectivity index (χ1n) is 7.27. The molecule has 102 valence electrons. The van der Waals surface area contributed by atoms with Crippen LogP contribution in [0.2, 0.25) is 0 Å². The second-order valence-corrected chi connectivity index (χ2v) is 5.47. The summed E-state index contributed by atoms with van der Waals surface area (Å²) in [5, 5.41) is 3.37. The Labute approximate surface area is 109 Å². The van der Waals surface area contributed by atoms with Crippen molar-refractivity contribution < 1.29 is 9.59 Å². The third-order valence-electron chi connectivity index (χ3n) is 4.22. The fourth-order valence-corrected chi connectivity index (χ4v) is 3.36. The van der Waals surface area contributed by atoms with Gasteiger partial charge in [-0.15, -0.1) is 0 Å². The Morgan fingerprint density at radius 3 is 2.33 bits per heavy atom. The van der Waals surface area contributed by atoms with Crippen molar-refractivity contribution in [3.63, 3.8) is 0 Å². The van der Waals surface area contributed by atoms with Gasteiger partial charge in [-0.25, -0.2) is 0 Å². The quantitative estimate of drug-likeness (QED) is 0.730. The monoisotopic (exact) mass is 252 g/mol. The van der Waals surface area contributed by atoms with Gasteiger partial charge in [0.1, 0.15) is 0 Å². The Morgan fingerprint density at radius 1 is 1.22 bits per heavy atom. The third kappa shape index (κ3) is 2.44. The summed E-state index contributed by atoms with van der Waals surface area (Å²) in [5.74, 6) is 0.172. The average Bonchev–Trinajstić information content (AvgIpc) is 2.90. The number of hydrogen-bond donors (Lipinski definition) is 1. The van der Waals surface area contributed by atoms with Crippen LogP contribution in [-0.4, -0.2) is 35.8 Å². The third-order valence-corrected chi connectivity index (χ3v) is 4.22. The number of likely N-dealkylation sites (N-methyl/N-ethyl adjacent to an activating group) is 1. The standard InChI is InChI=1S/C14H24N2O2/c1-3-6-10(15-4-2)9-16-13(17)11-7-5-8-12(11)14(16)18/h10-12,15H,3-9H2,1-2H3. The number of fused-ring (bicyclic) bond motifs is 1. The van der Waals surface area contributed by atoms with Crippen LogP contribution in [0.25, 0.3) is 0 Å². The lowest BCUT2D eigenvalue weighted by atomic mass is 10.00. The number of likely N-dealkylation sites (tertiary alicyclic amines) is 1. The van der Waals surface area contributed by atoms with E-state index in [1.54, 1.807) is 0 Å². The highest BCUT2D eigenvalue weighted by molar-refractivity contribution is 6.05. The summed E-state index contributed by atoms with van der Waals surface area (Å²) in [6.07, 6.45) is 4.93. The van der Waals surface area contributed by atoms with Gasteiger partial charge in [0.05, 0.1) is 11.8 Å². The Bertz CT molecular complexity index is 302. The predicted octanol–water partition coefficient (Wildman–Crippen LogP) is 1.55. The number of amides is 2. The molecule has 1 saturated carbocycles. The maximum Gasteiger partial charge on any atom is 0.233 e. The first-order valence-corrected chi connectivity index (χ1v) is 7.27. The van der Waals surface area contributed by atoms with Crippen molar-refractivity contribution in [2.24, 2.45) is 11.8 Å². The molecule has 0 spiro atoms. The normalized spacial score (nSPS) is 28.9. The summed E-state index contributed by atoms with van der Waals surface area (Å²) < 4.78 is 0. The molecular formula is C14H24N2O2. The zero-order valence-electron chi connectivity index (χ0n) is 11.4. The minimum Gasteiger partial charge on any atom is -0.312 e. The van der Waals surface area contributed by atoms with Crippen LogP contribution in [-0.2, 0) is 9.59 Å². The lowest BCUT2D eigenvalue weighted by Gasteiger charge is -2.23. The second-order valence-electron chi connectivity index (χ2n) is 5.47. The van der Waals surface area contributed by atoms with Crippen molar-refractivity contribution in [1.82, 2.24) is 10.2 Å². The van der Waals surface area contributed by atoms with Crippen LogP contribution in [0.4, 0.5) is 0 Å². The number of rotatable bonds is 6. The highest BCUT2D eigenvalue weighted by Gasteiger charge is 2.49. The molecule has 0 aromatic heterocycles. The van der Waals surface area contributed by atoms with Gasteiger partial charge in [-0.2, -0.15) is 0 Å². The van der Waals surface area contributed by atoms with Crippen LogP contribution in [0.3, 0.4) is 0 Å². The minimum atomic E-state index is 0.00130. The number of carbonyl (C=O) groups excluding carboxylic acids is 2. The molecule has 2 aliphatic rings. The van der Waals surface area contributed by atoms with Crippen molar-refractivity contribution >= 4 is 11.8 Å². The topological polar surface area (TPSA) is 49.4 Å². The van der Waals surface area contributed by atoms with E-state index in [1.807, 2.05) is 0 Å². The molecule has 18 heavy (non-hydrogen) atoms. The van der Waals surface area contributed by atoms with Gasteiger partial charge in [-0.3, -0.25) is 14.5 Å². The van der Waals surface area contributed by atoms with Gasteiger partial charge < -0.3 is 5.32 Å². The molecule has 1 saturated heterocycles. The Balaban J connectivity index is 2.00. The molecule has 0 aromatic rings. The molecule has 2 amide bonds. The average molecular weight is 252 g/mol.